The van der Waals surface area contributed by atoms with Gasteiger partial charge in [-0.2, -0.15) is 0 Å². The highest BCUT2D eigenvalue weighted by Crippen LogP contribution is 2.87. The van der Waals surface area contributed by atoms with Gasteiger partial charge < -0.3 is 0 Å². The van der Waals surface area contributed by atoms with E-state index in [-0.39, 0.29) is 0 Å². The van der Waals surface area contributed by atoms with Crippen molar-refractivity contribution in [2.45, 2.75) is 0 Å². The van der Waals surface area contributed by atoms with E-state index in [4.69, 9.17) is 0 Å². The monoisotopic (exact) mass is 1560 g/mol. The summed E-state index contributed by atoms with van der Waals surface area (Å²) in [5.74, 6) is 0. The maximum atomic E-state index is 1.67. The van der Waals surface area contributed by atoms with E-state index in [0.29, 0.717) is 0 Å². The summed E-state index contributed by atoms with van der Waals surface area (Å²) >= 11 is 0. The van der Waals surface area contributed by atoms with Gasteiger partial charge in [-0.25, -0.2) is 0 Å². The predicted octanol–water partition coefficient (Wildman–Crippen LogP) is 38.4. The van der Waals surface area contributed by atoms with Gasteiger partial charge in [-0.15, -0.1) is 0 Å². The molecule has 0 N–H and O–H groups in total. The Morgan fingerprint density at radius 2 is 0.0231 bits per heavy atom. The van der Waals surface area contributed by atoms with Crippen molar-refractivity contribution in [1.82, 2.24) is 0 Å². The molecule has 520 valence electrons. The SMILES string of the molecule is c12c3c4c5c1c1c6c7c2c2c8c3c3c9c4c4c%10c5c5c1c1c6c6c%11c%12c%13c%14c%15c%16c%17c%14c%14c%18c%13c%11c1c1c5c%10c5c(c%14c%10c%17c%11c%13c%16c%14c%16c%15c%12c%12c%16c(c2c7c%126)c2c8c3c(c%13c%142)c2c9c4c5c%10c%112)c%181.c12c3c4c5c1c1c6c7c2c2c8c3c3c9c4c4c%10c5c5c1c1c6c6c%11c7c2c2c7c8c3c3c8c9c4c4c9c%10c5c5c1c1c6c6c%11c2c2c7c3c3c8c4c4c9c5c1c1c6c2c3c41. The first-order valence-corrected chi connectivity index (χ1v) is 48.8. The van der Waals surface area contributed by atoms with Gasteiger partial charge in [-0.05, 0) is 0 Å². The predicted molar refractivity (Wildman–Crippen MR) is 565 cm³/mol. The van der Waals surface area contributed by atoms with Crippen molar-refractivity contribution in [2.75, 3.05) is 0 Å². The second-order valence-electron chi connectivity index (χ2n) is 48.8. The molecule has 0 aliphatic rings. The number of hydrogen-bond donors (Lipinski definition) is 0. The van der Waals surface area contributed by atoms with Crippen molar-refractivity contribution in [3.05, 3.63) is 0 Å². The largest absolute Gasteiger partial charge is 0 e. The first-order valence-electron chi connectivity index (χ1n) is 48.8. The normalized spacial score (nSPS) is 18.0. The summed E-state index contributed by atoms with van der Waals surface area (Å²) in [6.07, 6.45) is 0. The minimum absolute atomic E-state index is 1.67. The van der Waals surface area contributed by atoms with Crippen molar-refractivity contribution >= 4 is 700 Å². The highest BCUT2D eigenvalue weighted by molar-refractivity contribution is 6.92. The molecule has 69 aromatic carbocycles. The molecule has 0 amide bonds. The van der Waals surface area contributed by atoms with Crippen LogP contribution in [-0.4, -0.2) is 0 Å². The van der Waals surface area contributed by atoms with Crippen LogP contribution in [0.5, 0.6) is 0 Å². The van der Waals surface area contributed by atoms with Gasteiger partial charge in [0.25, 0.3) is 0 Å². The third-order valence-corrected chi connectivity index (χ3v) is 48.8. The molecule has 0 aliphatic carbocycles. The Labute approximate surface area is 694 Å². The molecule has 0 heterocycles. The Balaban J connectivity index is 0.0000000884. The lowest BCUT2D eigenvalue weighted by atomic mass is 9.78. The van der Waals surface area contributed by atoms with E-state index < -0.39 is 0 Å². The lowest BCUT2D eigenvalue weighted by Crippen LogP contribution is -1.93. The van der Waals surface area contributed by atoms with Crippen LogP contribution in [0, 0.1) is 0 Å². The van der Waals surface area contributed by atoms with Gasteiger partial charge in [0, 0.05) is 700 Å². The summed E-state index contributed by atoms with van der Waals surface area (Å²) in [6.45, 7) is 0. The van der Waals surface area contributed by atoms with E-state index in [1.807, 2.05) is 0 Å². The fourth-order valence-electron chi connectivity index (χ4n) is 48.8. The fourth-order valence-corrected chi connectivity index (χ4v) is 48.8. The van der Waals surface area contributed by atoms with Crippen LogP contribution in [0.2, 0.25) is 0 Å². The zero-order valence-corrected chi connectivity index (χ0v) is 65.0. The van der Waals surface area contributed by atoms with Crippen LogP contribution >= 0.6 is 0 Å². The Morgan fingerprint density at radius 1 is 0.0154 bits per heavy atom. The number of hydrogen-bond acceptors (Lipinski definition) is 0. The standard InChI is InChI=1S/C70.C60/c1-2-22-5-6-24-13-14-26-11-9-23-4-3(21(1)51-52(22)54(24)55(26)53(23)51)33-31(1)61-35-7-8-27-15-16-29-19-20-30-18-17-28-12-10(25(7)56-57(27)59(29)60(30)58(28)56)37(35)63(33)65-36(4)40(9)67(44(17)42(12)65)69-46(11)47(14)70(50(20)49(18)69)68-43(13)39(6)66(45(16)48(19)68)64-34(5)32(2)62(61)38(8)41(15)64;1-2-5-6-3(1)8-12-10-4(1)9-11-7(2)17-21-13(5)23-24-14(6)22-18(8)28-20(12)30-26-16(10)15(9)25-29-19(11)27(17)37-41-31(21)33(23)43-44-34(24)32(22)42-38(28)48-40(30)46-36(26)35(25)45-39(29)47(37)55-49(41)51(43)57-52(44)50(42)56(48)59-54(46)53(45)58(55)60(57)59. The summed E-state index contributed by atoms with van der Waals surface area (Å²) in [4.78, 5) is 0. The second kappa shape index (κ2) is 9.94. The van der Waals surface area contributed by atoms with Crippen LogP contribution in [0.15, 0.2) is 0 Å². The molecule has 0 radical (unpaired) electrons. The van der Waals surface area contributed by atoms with Gasteiger partial charge in [-0.3, -0.25) is 0 Å². The maximum Gasteiger partial charge on any atom is 0 e. The van der Waals surface area contributed by atoms with Crippen LogP contribution in [0.4, 0.5) is 0 Å². The summed E-state index contributed by atoms with van der Waals surface area (Å²) in [7, 11) is 0. The highest BCUT2D eigenvalue weighted by atomic mass is 14.6. The first kappa shape index (κ1) is 44.8. The molecule has 0 nitrogen and oxygen atoms in total. The highest BCUT2D eigenvalue weighted by Gasteiger charge is 2.58. The zero-order valence-electron chi connectivity index (χ0n) is 65.0. The molecule has 0 saturated carbocycles. The Bertz CT molecular complexity index is 12500. The lowest BCUT2D eigenvalue weighted by molar-refractivity contribution is 2.12. The van der Waals surface area contributed by atoms with Crippen molar-refractivity contribution < 1.29 is 0 Å². The lowest BCUT2D eigenvalue weighted by Gasteiger charge is -2.23. The van der Waals surface area contributed by atoms with Crippen LogP contribution in [0.25, 0.3) is 700 Å². The fraction of sp³-hybridized carbons (Fsp3) is 0. The molecule has 0 heteroatoms. The van der Waals surface area contributed by atoms with Crippen LogP contribution < -0.4 is 0 Å². The van der Waals surface area contributed by atoms with Gasteiger partial charge in [0.1, 0.15) is 0 Å². The van der Waals surface area contributed by atoms with Crippen LogP contribution in [0.1, 0.15) is 0 Å². The van der Waals surface area contributed by atoms with E-state index in [0.717, 1.165) is 0 Å². The van der Waals surface area contributed by atoms with E-state index in [9.17, 15) is 0 Å². The maximum absolute atomic E-state index is 1.67. The van der Waals surface area contributed by atoms with Gasteiger partial charge >= 0.3 is 0 Å². The van der Waals surface area contributed by atoms with Gasteiger partial charge in [0.15, 0.2) is 0 Å². The number of benzene rings is 45. The van der Waals surface area contributed by atoms with E-state index in [2.05, 4.69) is 0 Å². The summed E-state index contributed by atoms with van der Waals surface area (Å²) in [6, 6.07) is 0. The molecule has 0 atom stereocenters. The smallest absolute Gasteiger partial charge is 0 e. The minimum atomic E-state index is 1.67. The summed E-state index contributed by atoms with van der Waals surface area (Å²) in [5.41, 5.74) is 0. The minimum Gasteiger partial charge on any atom is 0 e. The summed E-state index contributed by atoms with van der Waals surface area (Å²) < 4.78 is 0. The summed E-state index contributed by atoms with van der Waals surface area (Å²) in [5, 5.41) is 217. The molecular formula is C130. The Kier molecular flexibility index (Phi) is 3.43. The van der Waals surface area contributed by atoms with Gasteiger partial charge in [0.2, 0.25) is 0 Å². The molecule has 69 aromatic rings. The average molecular weight is 1560 g/mol. The molecule has 0 bridgehead atoms. The third kappa shape index (κ3) is 2.31. The van der Waals surface area contributed by atoms with Crippen LogP contribution in [0.3, 0.4) is 0 Å². The molecule has 0 unspecified atom stereocenters. The van der Waals surface area contributed by atoms with Gasteiger partial charge in [0.05, 0.1) is 0 Å². The topological polar surface area (TPSA) is 0 Å². The molecule has 0 aliphatic heterocycles. The van der Waals surface area contributed by atoms with E-state index in [1.54, 1.807) is 700 Å². The van der Waals surface area contributed by atoms with E-state index in [1.165, 1.54) is 0 Å². The first-order chi connectivity index (χ1) is 65.0. The molecule has 69 rings (SSSR count). The molecule has 130 heavy (non-hydrogen) atoms. The van der Waals surface area contributed by atoms with E-state index >= 15 is 0 Å². The second-order valence-corrected chi connectivity index (χ2v) is 48.8. The van der Waals surface area contributed by atoms with Crippen LogP contribution in [-0.2, 0) is 0 Å². The van der Waals surface area contributed by atoms with Crippen molar-refractivity contribution in [3.63, 3.8) is 0 Å². The Hall–Kier alpha value is -16.9. The average Bonchev–Trinajstić information content (AvgIpc) is 1.39. The zero-order chi connectivity index (χ0) is 75.1. The molecular weight excluding hydrogens is 1560 g/mol. The third-order valence-electron chi connectivity index (χ3n) is 48.8. The van der Waals surface area contributed by atoms with Gasteiger partial charge in [-0.1, -0.05) is 0 Å². The molecule has 0 aromatic heterocycles. The van der Waals surface area contributed by atoms with Crippen molar-refractivity contribution in [1.29, 1.82) is 0 Å². The molecule has 0 saturated heterocycles. The molecule has 0 fully saturated rings. The van der Waals surface area contributed by atoms with Crippen molar-refractivity contribution in [2.24, 2.45) is 0 Å². The van der Waals surface area contributed by atoms with Crippen molar-refractivity contribution in [3.8, 4) is 0 Å². The molecule has 0 spiro atoms. The Morgan fingerprint density at radius 3 is 0.0308 bits per heavy atom. The quantitative estimate of drug-likeness (QED) is 0.105. The number of rotatable bonds is 0.